The van der Waals surface area contributed by atoms with E-state index >= 15 is 0 Å². The van der Waals surface area contributed by atoms with Gasteiger partial charge in [0.15, 0.2) is 0 Å². The van der Waals surface area contributed by atoms with Crippen LogP contribution in [0.25, 0.3) is 0 Å². The van der Waals surface area contributed by atoms with Crippen molar-refractivity contribution in [3.63, 3.8) is 0 Å². The third-order valence-electron chi connectivity index (χ3n) is 3.69. The lowest BCUT2D eigenvalue weighted by Gasteiger charge is -2.20. The molecule has 0 bridgehead atoms. The molecule has 1 atom stereocenters. The number of methoxy groups -OCH3 is 1. The first-order valence-corrected chi connectivity index (χ1v) is 6.12. The normalized spacial score (nSPS) is 19.1. The van der Waals surface area contributed by atoms with Crippen LogP contribution in [0.1, 0.15) is 28.3 Å². The summed E-state index contributed by atoms with van der Waals surface area (Å²) >= 11 is 0. The molecule has 1 aromatic carbocycles. The van der Waals surface area contributed by atoms with E-state index in [0.717, 1.165) is 22.4 Å². The van der Waals surface area contributed by atoms with Crippen LogP contribution in [0.2, 0.25) is 0 Å². The molecule has 1 N–H and O–H groups in total. The highest BCUT2D eigenvalue weighted by molar-refractivity contribution is 5.77. The maximum Gasteiger partial charge on any atom is 0.317 e. The van der Waals surface area contributed by atoms with Crippen molar-refractivity contribution >= 4 is 6.03 Å². The van der Waals surface area contributed by atoms with Gasteiger partial charge in [0, 0.05) is 19.2 Å². The summed E-state index contributed by atoms with van der Waals surface area (Å²) in [6, 6.07) is 2.13. The zero-order valence-electron chi connectivity index (χ0n) is 11.6. The van der Waals surface area contributed by atoms with Crippen LogP contribution in [0.4, 0.5) is 4.79 Å². The van der Waals surface area contributed by atoms with Gasteiger partial charge >= 0.3 is 6.03 Å². The van der Waals surface area contributed by atoms with Gasteiger partial charge in [-0.05, 0) is 37.5 Å². The Morgan fingerprint density at radius 1 is 1.33 bits per heavy atom. The Hall–Kier alpha value is -1.71. The number of urea groups is 1. The number of rotatable bonds is 2. The Labute approximate surface area is 108 Å². The van der Waals surface area contributed by atoms with Crippen LogP contribution in [-0.2, 0) is 0 Å². The molecule has 1 aliphatic rings. The molecule has 0 saturated carbocycles. The van der Waals surface area contributed by atoms with Crippen LogP contribution in [-0.4, -0.2) is 31.6 Å². The number of amides is 2. The molecule has 4 heteroatoms. The second-order valence-corrected chi connectivity index (χ2v) is 4.96. The van der Waals surface area contributed by atoms with Crippen LogP contribution in [0, 0.1) is 20.8 Å². The van der Waals surface area contributed by atoms with Crippen LogP contribution in [0.5, 0.6) is 5.75 Å². The lowest BCUT2D eigenvalue weighted by atomic mass is 9.94. The fourth-order valence-corrected chi connectivity index (χ4v) is 2.59. The van der Waals surface area contributed by atoms with Crippen LogP contribution < -0.4 is 10.1 Å². The molecule has 18 heavy (non-hydrogen) atoms. The standard InChI is InChI=1S/C14H20N2O2/c1-8-6-9(2)12(13(18-5)10(8)3)11-7-16(4)14(17)15-11/h6,11H,7H2,1-5H3,(H,15,17). The average molecular weight is 248 g/mol. The molecule has 0 aromatic heterocycles. The summed E-state index contributed by atoms with van der Waals surface area (Å²) in [7, 11) is 3.49. The van der Waals surface area contributed by atoms with Crippen molar-refractivity contribution < 1.29 is 9.53 Å². The highest BCUT2D eigenvalue weighted by Gasteiger charge is 2.30. The minimum Gasteiger partial charge on any atom is -0.496 e. The van der Waals surface area contributed by atoms with Gasteiger partial charge in [-0.3, -0.25) is 0 Å². The minimum absolute atomic E-state index is 0.0109. The summed E-state index contributed by atoms with van der Waals surface area (Å²) in [5, 5.41) is 2.99. The number of likely N-dealkylation sites (N-methyl/N-ethyl adjacent to an activating group) is 1. The Balaban J connectivity index is 2.51. The Bertz CT molecular complexity index is 497. The molecule has 1 aromatic rings. The summed E-state index contributed by atoms with van der Waals surface area (Å²) in [6.45, 7) is 6.87. The second-order valence-electron chi connectivity index (χ2n) is 4.96. The molecule has 0 radical (unpaired) electrons. The van der Waals surface area contributed by atoms with E-state index in [1.807, 2.05) is 0 Å². The Morgan fingerprint density at radius 3 is 2.50 bits per heavy atom. The first kappa shape index (κ1) is 12.7. The van der Waals surface area contributed by atoms with E-state index < -0.39 is 0 Å². The van der Waals surface area contributed by atoms with Crippen LogP contribution in [0.15, 0.2) is 6.07 Å². The predicted molar refractivity (Wildman–Crippen MR) is 71.1 cm³/mol. The first-order chi connectivity index (χ1) is 8.45. The van der Waals surface area contributed by atoms with Gasteiger partial charge in [-0.15, -0.1) is 0 Å². The summed E-state index contributed by atoms with van der Waals surface area (Å²) in [4.78, 5) is 13.3. The molecule has 1 unspecified atom stereocenters. The number of carbonyl (C=O) groups excluding carboxylic acids is 1. The molecule has 1 aliphatic heterocycles. The van der Waals surface area contributed by atoms with Crippen LogP contribution in [0.3, 0.4) is 0 Å². The Kier molecular flexibility index (Phi) is 3.20. The molecule has 2 amide bonds. The van der Waals surface area contributed by atoms with Crippen molar-refractivity contribution in [3.05, 3.63) is 28.3 Å². The number of benzene rings is 1. The number of nitrogens with zero attached hydrogens (tertiary/aromatic N) is 1. The maximum atomic E-state index is 11.6. The third-order valence-corrected chi connectivity index (χ3v) is 3.69. The van der Waals surface area contributed by atoms with Crippen LogP contribution >= 0.6 is 0 Å². The topological polar surface area (TPSA) is 41.6 Å². The number of nitrogens with one attached hydrogen (secondary N) is 1. The van der Waals surface area contributed by atoms with Gasteiger partial charge in [0.25, 0.3) is 0 Å². The summed E-state index contributed by atoms with van der Waals surface area (Å²) in [5.74, 6) is 0.896. The quantitative estimate of drug-likeness (QED) is 0.872. The zero-order valence-corrected chi connectivity index (χ0v) is 11.6. The van der Waals surface area contributed by atoms with Gasteiger partial charge in [-0.1, -0.05) is 6.07 Å². The molecule has 0 aliphatic carbocycles. The smallest absolute Gasteiger partial charge is 0.317 e. The monoisotopic (exact) mass is 248 g/mol. The maximum absolute atomic E-state index is 11.6. The molecule has 98 valence electrons. The molecule has 2 rings (SSSR count). The van der Waals surface area contributed by atoms with Crippen molar-refractivity contribution in [1.82, 2.24) is 10.2 Å². The van der Waals surface area contributed by atoms with Gasteiger partial charge in [0.1, 0.15) is 5.75 Å². The third kappa shape index (κ3) is 1.92. The van der Waals surface area contributed by atoms with Gasteiger partial charge < -0.3 is 15.0 Å². The lowest BCUT2D eigenvalue weighted by molar-refractivity contribution is 0.226. The van der Waals surface area contributed by atoms with Crippen molar-refractivity contribution in [2.24, 2.45) is 0 Å². The molecule has 4 nitrogen and oxygen atoms in total. The molecule has 0 spiro atoms. The summed E-state index contributed by atoms with van der Waals surface area (Å²) in [5.41, 5.74) is 4.61. The summed E-state index contributed by atoms with van der Waals surface area (Å²) < 4.78 is 5.55. The van der Waals surface area contributed by atoms with Gasteiger partial charge in [0.05, 0.1) is 13.2 Å². The second kappa shape index (κ2) is 4.52. The predicted octanol–water partition coefficient (Wildman–Crippen LogP) is 2.32. The van der Waals surface area contributed by atoms with E-state index in [9.17, 15) is 4.79 Å². The van der Waals surface area contributed by atoms with Gasteiger partial charge in [-0.25, -0.2) is 4.79 Å². The Morgan fingerprint density at radius 2 is 2.00 bits per heavy atom. The molecular formula is C14H20N2O2. The number of carbonyl (C=O) groups is 1. The van der Waals surface area contributed by atoms with Crippen molar-refractivity contribution in [1.29, 1.82) is 0 Å². The van der Waals surface area contributed by atoms with Gasteiger partial charge in [-0.2, -0.15) is 0 Å². The van der Waals surface area contributed by atoms with Gasteiger partial charge in [0.2, 0.25) is 0 Å². The molecule has 1 fully saturated rings. The first-order valence-electron chi connectivity index (χ1n) is 6.12. The minimum atomic E-state index is -0.0281. The van der Waals surface area contributed by atoms with E-state index in [4.69, 9.17) is 4.74 Å². The highest BCUT2D eigenvalue weighted by atomic mass is 16.5. The molecule has 1 saturated heterocycles. The lowest BCUT2D eigenvalue weighted by Crippen LogP contribution is -2.24. The fraction of sp³-hybridized carbons (Fsp3) is 0.500. The van der Waals surface area contributed by atoms with Crippen molar-refractivity contribution in [2.75, 3.05) is 20.7 Å². The van der Waals surface area contributed by atoms with E-state index in [2.05, 4.69) is 32.2 Å². The highest BCUT2D eigenvalue weighted by Crippen LogP contribution is 2.35. The van der Waals surface area contributed by atoms with E-state index in [-0.39, 0.29) is 12.1 Å². The van der Waals surface area contributed by atoms with E-state index in [1.165, 1.54) is 5.56 Å². The summed E-state index contributed by atoms with van der Waals surface area (Å²) in [6.07, 6.45) is 0. The molecular weight excluding hydrogens is 228 g/mol. The number of ether oxygens (including phenoxy) is 1. The zero-order chi connectivity index (χ0) is 13.4. The SMILES string of the molecule is COc1c(C)c(C)cc(C)c1C1CN(C)C(=O)N1. The number of aryl methyl sites for hydroxylation is 2. The number of hydrogen-bond acceptors (Lipinski definition) is 2. The van der Waals surface area contributed by atoms with Crippen molar-refractivity contribution in [2.45, 2.75) is 26.8 Å². The largest absolute Gasteiger partial charge is 0.496 e. The number of hydrogen-bond donors (Lipinski definition) is 1. The average Bonchev–Trinajstić information content (AvgIpc) is 2.63. The molecule has 1 heterocycles. The van der Waals surface area contributed by atoms with E-state index in [0.29, 0.717) is 6.54 Å². The van der Waals surface area contributed by atoms with E-state index in [1.54, 1.807) is 19.1 Å². The van der Waals surface area contributed by atoms with Crippen molar-refractivity contribution in [3.8, 4) is 5.75 Å². The fourth-order valence-electron chi connectivity index (χ4n) is 2.59.